The predicted octanol–water partition coefficient (Wildman–Crippen LogP) is 2.17. The van der Waals surface area contributed by atoms with Gasteiger partial charge in [-0.25, -0.2) is 9.97 Å². The topological polar surface area (TPSA) is 58.1 Å². The summed E-state index contributed by atoms with van der Waals surface area (Å²) in [4.78, 5) is 22.7. The van der Waals surface area contributed by atoms with Crippen molar-refractivity contribution in [3.63, 3.8) is 0 Å². The zero-order valence-electron chi connectivity index (χ0n) is 11.9. The zero-order valence-corrected chi connectivity index (χ0v) is 11.9. The maximum atomic E-state index is 12.4. The van der Waals surface area contributed by atoms with Crippen LogP contribution in [0.1, 0.15) is 44.1 Å². The van der Waals surface area contributed by atoms with Crippen molar-refractivity contribution in [3.8, 4) is 0 Å². The Kier molecular flexibility index (Phi) is 4.35. The summed E-state index contributed by atoms with van der Waals surface area (Å²) in [6, 6.07) is 1.94. The van der Waals surface area contributed by atoms with E-state index in [2.05, 4.69) is 22.2 Å². The Morgan fingerprint density at radius 3 is 2.74 bits per heavy atom. The lowest BCUT2D eigenvalue weighted by molar-refractivity contribution is 0.0691. The molecule has 1 aliphatic heterocycles. The molecule has 1 aromatic rings. The van der Waals surface area contributed by atoms with Crippen LogP contribution in [-0.4, -0.2) is 39.9 Å². The van der Waals surface area contributed by atoms with E-state index in [4.69, 9.17) is 0 Å². The van der Waals surface area contributed by atoms with Crippen molar-refractivity contribution in [2.75, 3.05) is 18.4 Å². The molecule has 5 nitrogen and oxygen atoms in total. The number of hydrogen-bond donors (Lipinski definition) is 1. The smallest absolute Gasteiger partial charge is 0.272 e. The van der Waals surface area contributed by atoms with Crippen molar-refractivity contribution in [3.05, 3.63) is 18.0 Å². The molecule has 1 saturated heterocycles. The van der Waals surface area contributed by atoms with E-state index in [1.165, 1.54) is 0 Å². The highest BCUT2D eigenvalue weighted by Gasteiger charge is 2.22. The molecule has 1 amide bonds. The molecular weight excluding hydrogens is 240 g/mol. The number of nitrogens with one attached hydrogen (secondary N) is 1. The molecule has 1 fully saturated rings. The first-order chi connectivity index (χ1) is 9.06. The van der Waals surface area contributed by atoms with E-state index >= 15 is 0 Å². The largest absolute Gasteiger partial charge is 0.352 e. The molecule has 0 spiro atoms. The molecule has 0 atom stereocenters. The van der Waals surface area contributed by atoms with E-state index in [-0.39, 0.29) is 11.9 Å². The van der Waals surface area contributed by atoms with Gasteiger partial charge in [0.05, 0.1) is 0 Å². The number of carbonyl (C=O) groups is 1. The molecule has 19 heavy (non-hydrogen) atoms. The Labute approximate surface area is 114 Å². The number of nitrogens with zero attached hydrogens (tertiary/aromatic N) is 3. The highest BCUT2D eigenvalue weighted by molar-refractivity contribution is 5.92. The number of aromatic nitrogens is 2. The molecule has 0 aliphatic carbocycles. The molecular formula is C14H22N4O. The molecule has 1 N–H and O–H groups in total. The van der Waals surface area contributed by atoms with Crippen LogP contribution in [0.5, 0.6) is 0 Å². The van der Waals surface area contributed by atoms with Gasteiger partial charge in [0.2, 0.25) is 5.95 Å². The summed E-state index contributed by atoms with van der Waals surface area (Å²) in [7, 11) is 0. The first-order valence-corrected chi connectivity index (χ1v) is 6.95. The Morgan fingerprint density at radius 1 is 1.42 bits per heavy atom. The lowest BCUT2D eigenvalue weighted by Gasteiger charge is -2.30. The van der Waals surface area contributed by atoms with Gasteiger partial charge in [-0.05, 0) is 38.7 Å². The minimum Gasteiger partial charge on any atom is -0.352 e. The molecule has 104 valence electrons. The molecule has 2 heterocycles. The van der Waals surface area contributed by atoms with Crippen molar-refractivity contribution in [1.82, 2.24) is 14.9 Å². The van der Waals surface area contributed by atoms with Gasteiger partial charge < -0.3 is 10.2 Å². The zero-order chi connectivity index (χ0) is 13.8. The second-order valence-electron chi connectivity index (χ2n) is 5.54. The van der Waals surface area contributed by atoms with Crippen LogP contribution < -0.4 is 5.32 Å². The normalized spacial score (nSPS) is 16.7. The average Bonchev–Trinajstić information content (AvgIpc) is 2.38. The minimum absolute atomic E-state index is 0.0149. The maximum Gasteiger partial charge on any atom is 0.272 e. The van der Waals surface area contributed by atoms with E-state index < -0.39 is 0 Å². The summed E-state index contributed by atoms with van der Waals surface area (Å²) in [5, 5.41) is 3.12. The van der Waals surface area contributed by atoms with E-state index in [0.29, 0.717) is 17.6 Å². The monoisotopic (exact) mass is 262 g/mol. The van der Waals surface area contributed by atoms with E-state index in [1.54, 1.807) is 12.3 Å². The Bertz CT molecular complexity index is 439. The number of amides is 1. The number of rotatable bonds is 3. The van der Waals surface area contributed by atoms with Crippen LogP contribution >= 0.6 is 0 Å². The number of hydrogen-bond acceptors (Lipinski definition) is 4. The van der Waals surface area contributed by atoms with Crippen LogP contribution in [0.3, 0.4) is 0 Å². The minimum atomic E-state index is 0.0149. The molecule has 1 aliphatic rings. The van der Waals surface area contributed by atoms with Crippen LogP contribution in [-0.2, 0) is 0 Å². The third-order valence-electron chi connectivity index (χ3n) is 3.36. The Morgan fingerprint density at radius 2 is 2.11 bits per heavy atom. The lowest BCUT2D eigenvalue weighted by atomic mass is 9.99. The van der Waals surface area contributed by atoms with Crippen molar-refractivity contribution in [2.45, 2.75) is 39.7 Å². The number of anilines is 1. The SMILES string of the molecule is CC1CCN(C(=O)c2ccnc(NC(C)C)n2)CC1. The van der Waals surface area contributed by atoms with Crippen molar-refractivity contribution in [1.29, 1.82) is 0 Å². The number of piperidine rings is 1. The maximum absolute atomic E-state index is 12.4. The van der Waals surface area contributed by atoms with Gasteiger partial charge in [-0.3, -0.25) is 4.79 Å². The van der Waals surface area contributed by atoms with Gasteiger partial charge in [-0.1, -0.05) is 6.92 Å². The molecule has 0 saturated carbocycles. The van der Waals surface area contributed by atoms with Gasteiger partial charge in [0.25, 0.3) is 5.91 Å². The Balaban J connectivity index is 2.06. The van der Waals surface area contributed by atoms with E-state index in [0.717, 1.165) is 25.9 Å². The molecule has 5 heteroatoms. The summed E-state index contributed by atoms with van der Waals surface area (Å²) < 4.78 is 0. The molecule has 0 unspecified atom stereocenters. The highest BCUT2D eigenvalue weighted by atomic mass is 16.2. The fourth-order valence-corrected chi connectivity index (χ4v) is 2.18. The van der Waals surface area contributed by atoms with Crippen LogP contribution in [0.4, 0.5) is 5.95 Å². The first kappa shape index (κ1) is 13.8. The van der Waals surface area contributed by atoms with Gasteiger partial charge in [0.1, 0.15) is 5.69 Å². The van der Waals surface area contributed by atoms with Gasteiger partial charge in [-0.15, -0.1) is 0 Å². The average molecular weight is 262 g/mol. The van der Waals surface area contributed by atoms with Crippen LogP contribution in [0.15, 0.2) is 12.3 Å². The van der Waals surface area contributed by atoms with Crippen molar-refractivity contribution in [2.24, 2.45) is 5.92 Å². The second kappa shape index (κ2) is 5.99. The molecule has 0 bridgehead atoms. The third kappa shape index (κ3) is 3.66. The van der Waals surface area contributed by atoms with Gasteiger partial charge >= 0.3 is 0 Å². The summed E-state index contributed by atoms with van der Waals surface area (Å²) in [6.45, 7) is 7.93. The van der Waals surface area contributed by atoms with Crippen LogP contribution in [0.2, 0.25) is 0 Å². The Hall–Kier alpha value is -1.65. The summed E-state index contributed by atoms with van der Waals surface area (Å²) in [5.41, 5.74) is 0.479. The molecule has 1 aromatic heterocycles. The molecule has 0 aromatic carbocycles. The van der Waals surface area contributed by atoms with E-state index in [1.807, 2.05) is 18.7 Å². The lowest BCUT2D eigenvalue weighted by Crippen LogP contribution is -2.38. The summed E-state index contributed by atoms with van der Waals surface area (Å²) in [6.07, 6.45) is 3.79. The second-order valence-corrected chi connectivity index (χ2v) is 5.54. The fraction of sp³-hybridized carbons (Fsp3) is 0.643. The quantitative estimate of drug-likeness (QED) is 0.907. The van der Waals surface area contributed by atoms with Crippen molar-refractivity contribution >= 4 is 11.9 Å². The van der Waals surface area contributed by atoms with Crippen molar-refractivity contribution < 1.29 is 4.79 Å². The summed E-state index contributed by atoms with van der Waals surface area (Å²) >= 11 is 0. The van der Waals surface area contributed by atoms with Gasteiger partial charge in [0.15, 0.2) is 0 Å². The summed E-state index contributed by atoms with van der Waals surface area (Å²) in [5.74, 6) is 1.25. The molecule has 0 radical (unpaired) electrons. The number of carbonyl (C=O) groups excluding carboxylic acids is 1. The van der Waals surface area contributed by atoms with Gasteiger partial charge in [-0.2, -0.15) is 0 Å². The predicted molar refractivity (Wildman–Crippen MR) is 75.1 cm³/mol. The van der Waals surface area contributed by atoms with Crippen LogP contribution in [0, 0.1) is 5.92 Å². The number of likely N-dealkylation sites (tertiary alicyclic amines) is 1. The fourth-order valence-electron chi connectivity index (χ4n) is 2.18. The highest BCUT2D eigenvalue weighted by Crippen LogP contribution is 2.17. The third-order valence-corrected chi connectivity index (χ3v) is 3.36. The standard InChI is InChI=1S/C14H22N4O/c1-10(2)16-14-15-7-4-12(17-14)13(19)18-8-5-11(3)6-9-18/h4,7,10-11H,5-6,8-9H2,1-3H3,(H,15,16,17). The molecule has 2 rings (SSSR count). The first-order valence-electron chi connectivity index (χ1n) is 6.95. The van der Waals surface area contributed by atoms with Crippen LogP contribution in [0.25, 0.3) is 0 Å². The van der Waals surface area contributed by atoms with Gasteiger partial charge in [0, 0.05) is 25.3 Å². The van der Waals surface area contributed by atoms with E-state index in [9.17, 15) is 4.79 Å².